The number of ether oxygens (including phenoxy) is 1. The van der Waals surface area contributed by atoms with Crippen molar-refractivity contribution in [3.63, 3.8) is 0 Å². The van der Waals surface area contributed by atoms with Crippen molar-refractivity contribution in [2.75, 3.05) is 6.61 Å². The Morgan fingerprint density at radius 1 is 1.29 bits per heavy atom. The average Bonchev–Trinajstić information content (AvgIpc) is 2.18. The number of aryl methyl sites for hydroxylation is 1. The molecular weight excluding hydrogens is 228 g/mol. The minimum atomic E-state index is -4.93. The number of allylic oxidation sites excluding steroid dienone is 1. The van der Waals surface area contributed by atoms with E-state index in [4.69, 9.17) is 4.74 Å². The van der Waals surface area contributed by atoms with Crippen molar-refractivity contribution in [2.45, 2.75) is 20.8 Å². The van der Waals surface area contributed by atoms with Crippen molar-refractivity contribution in [3.05, 3.63) is 35.4 Å². The zero-order valence-corrected chi connectivity index (χ0v) is 10.1. The zero-order valence-electron chi connectivity index (χ0n) is 10.1. The Bertz CT molecular complexity index is 420. The van der Waals surface area contributed by atoms with Crippen LogP contribution in [0.25, 0.3) is 0 Å². The average molecular weight is 243 g/mol. The number of benzene rings is 1. The van der Waals surface area contributed by atoms with E-state index in [1.807, 2.05) is 19.9 Å². The highest BCUT2D eigenvalue weighted by atomic mass is 19.4. The molecule has 0 fully saturated rings. The van der Waals surface area contributed by atoms with Gasteiger partial charge in [0, 0.05) is 0 Å². The van der Waals surface area contributed by atoms with Crippen LogP contribution in [0.2, 0.25) is 0 Å². The van der Waals surface area contributed by atoms with E-state index in [9.17, 15) is 12.9 Å². The second kappa shape index (κ2) is 5.30. The van der Waals surface area contributed by atoms with Gasteiger partial charge < -0.3 is 17.7 Å². The minimum Gasteiger partial charge on any atom is -0.489 e. The highest BCUT2D eigenvalue weighted by molar-refractivity contribution is 6.73. The first-order chi connectivity index (χ1) is 7.80. The lowest BCUT2D eigenvalue weighted by Gasteiger charge is -2.17. The van der Waals surface area contributed by atoms with Gasteiger partial charge in [0.05, 0.1) is 0 Å². The van der Waals surface area contributed by atoms with Crippen LogP contribution in [0.1, 0.15) is 19.4 Å². The van der Waals surface area contributed by atoms with E-state index in [-0.39, 0.29) is 0 Å². The van der Waals surface area contributed by atoms with Crippen molar-refractivity contribution >= 4 is 12.4 Å². The van der Waals surface area contributed by atoms with E-state index in [0.717, 1.165) is 17.7 Å². The van der Waals surface area contributed by atoms with E-state index >= 15 is 0 Å². The number of rotatable bonds is 4. The summed E-state index contributed by atoms with van der Waals surface area (Å²) in [6.07, 6.45) is 1.88. The van der Waals surface area contributed by atoms with Crippen molar-refractivity contribution in [2.24, 2.45) is 0 Å². The van der Waals surface area contributed by atoms with Crippen molar-refractivity contribution in [3.8, 4) is 5.75 Å². The van der Waals surface area contributed by atoms with Crippen LogP contribution in [-0.4, -0.2) is 13.6 Å². The lowest BCUT2D eigenvalue weighted by molar-refractivity contribution is 0.359. The molecule has 0 aliphatic carbocycles. The van der Waals surface area contributed by atoms with Crippen molar-refractivity contribution in [1.82, 2.24) is 0 Å². The molecule has 1 aromatic carbocycles. The third-order valence-electron chi connectivity index (χ3n) is 2.31. The maximum Gasteiger partial charge on any atom is 0.509 e. The summed E-state index contributed by atoms with van der Waals surface area (Å²) in [5.74, 6) is 0.492. The van der Waals surface area contributed by atoms with Crippen LogP contribution in [0.5, 0.6) is 5.75 Å². The largest absolute Gasteiger partial charge is 0.509 e. The molecule has 0 N–H and O–H groups in total. The summed E-state index contributed by atoms with van der Waals surface area (Å²) in [4.78, 5) is 0. The van der Waals surface area contributed by atoms with Crippen LogP contribution >= 0.6 is 0 Å². The standard InChI is InChI=1S/C12H15BF3O/c1-9(2)6-7-17-12-5-4-11(8-10(12)3)13(14,15)16/h4-6,8H,7H2,1-3H3/q-1. The number of halogens is 3. The fourth-order valence-corrected chi connectivity index (χ4v) is 1.34. The van der Waals surface area contributed by atoms with Gasteiger partial charge in [-0.05, 0) is 38.5 Å². The topological polar surface area (TPSA) is 9.23 Å². The molecule has 0 unspecified atom stereocenters. The van der Waals surface area contributed by atoms with Crippen molar-refractivity contribution < 1.29 is 17.7 Å². The summed E-state index contributed by atoms with van der Waals surface area (Å²) in [7, 11) is 0. The SMILES string of the molecule is CC(C)=CCOc1ccc([B-](F)(F)F)cc1C. The van der Waals surface area contributed by atoms with Crippen LogP contribution in [-0.2, 0) is 0 Å². The Morgan fingerprint density at radius 3 is 2.41 bits per heavy atom. The van der Waals surface area contributed by atoms with Gasteiger partial charge >= 0.3 is 6.98 Å². The number of hydrogen-bond acceptors (Lipinski definition) is 1. The van der Waals surface area contributed by atoms with E-state index in [1.54, 1.807) is 6.92 Å². The normalized spacial score (nSPS) is 11.2. The van der Waals surface area contributed by atoms with Gasteiger partial charge in [-0.15, -0.1) is 5.46 Å². The molecule has 0 aromatic heterocycles. The van der Waals surface area contributed by atoms with Gasteiger partial charge in [0.15, 0.2) is 0 Å². The zero-order chi connectivity index (χ0) is 13.1. The van der Waals surface area contributed by atoms with Gasteiger partial charge in [0.1, 0.15) is 12.4 Å². The third kappa shape index (κ3) is 4.17. The quantitative estimate of drug-likeness (QED) is 0.581. The van der Waals surface area contributed by atoms with E-state index in [2.05, 4.69) is 0 Å². The summed E-state index contributed by atoms with van der Waals surface area (Å²) >= 11 is 0. The molecule has 17 heavy (non-hydrogen) atoms. The van der Waals surface area contributed by atoms with E-state index < -0.39 is 12.4 Å². The fourth-order valence-electron chi connectivity index (χ4n) is 1.34. The van der Waals surface area contributed by atoms with Gasteiger partial charge in [-0.3, -0.25) is 0 Å². The summed E-state index contributed by atoms with van der Waals surface area (Å²) in [6.45, 7) is 0.928. The molecule has 0 atom stereocenters. The Balaban J connectivity index is 2.80. The maximum atomic E-state index is 12.5. The smallest absolute Gasteiger partial charge is 0.489 e. The molecule has 5 heteroatoms. The van der Waals surface area contributed by atoms with Gasteiger partial charge in [-0.25, -0.2) is 0 Å². The Morgan fingerprint density at radius 2 is 1.94 bits per heavy atom. The van der Waals surface area contributed by atoms with Crippen molar-refractivity contribution in [1.29, 1.82) is 0 Å². The summed E-state index contributed by atoms with van der Waals surface area (Å²) in [5.41, 5.74) is 1.03. The second-order valence-electron chi connectivity index (χ2n) is 4.19. The van der Waals surface area contributed by atoms with E-state index in [0.29, 0.717) is 17.9 Å². The molecule has 0 aliphatic rings. The Kier molecular flexibility index (Phi) is 4.26. The monoisotopic (exact) mass is 243 g/mol. The fraction of sp³-hybridized carbons (Fsp3) is 0.333. The lowest BCUT2D eigenvalue weighted by Crippen LogP contribution is -2.34. The Hall–Kier alpha value is -1.39. The van der Waals surface area contributed by atoms with E-state index in [1.165, 1.54) is 6.07 Å². The highest BCUT2D eigenvalue weighted by Crippen LogP contribution is 2.18. The molecule has 1 aromatic rings. The van der Waals surface area contributed by atoms with Crippen LogP contribution in [0.15, 0.2) is 29.8 Å². The summed E-state index contributed by atoms with van der Waals surface area (Å²) in [5, 5.41) is 0. The van der Waals surface area contributed by atoms with Crippen LogP contribution in [0.4, 0.5) is 12.9 Å². The first kappa shape index (κ1) is 13.7. The molecule has 1 nitrogen and oxygen atoms in total. The molecular formula is C12H15BF3O-. The predicted octanol–water partition coefficient (Wildman–Crippen LogP) is 3.39. The molecule has 0 aliphatic heterocycles. The summed E-state index contributed by atoms with van der Waals surface area (Å²) < 4.78 is 42.8. The third-order valence-corrected chi connectivity index (χ3v) is 2.31. The molecule has 0 saturated carbocycles. The maximum absolute atomic E-state index is 12.5. The molecule has 0 heterocycles. The van der Waals surface area contributed by atoms with Gasteiger partial charge in [0.25, 0.3) is 0 Å². The van der Waals surface area contributed by atoms with Crippen LogP contribution in [0.3, 0.4) is 0 Å². The minimum absolute atomic E-state index is 0.375. The summed E-state index contributed by atoms with van der Waals surface area (Å²) in [6, 6.07) is 3.56. The molecule has 94 valence electrons. The molecule has 1 rings (SSSR count). The molecule has 0 amide bonds. The molecule has 0 saturated heterocycles. The number of hydrogen-bond donors (Lipinski definition) is 0. The molecule has 0 radical (unpaired) electrons. The first-order valence-corrected chi connectivity index (χ1v) is 5.37. The highest BCUT2D eigenvalue weighted by Gasteiger charge is 2.25. The van der Waals surface area contributed by atoms with Gasteiger partial charge in [-0.1, -0.05) is 17.7 Å². The van der Waals surface area contributed by atoms with Gasteiger partial charge in [-0.2, -0.15) is 0 Å². The lowest BCUT2D eigenvalue weighted by atomic mass is 9.79. The van der Waals surface area contributed by atoms with Crippen LogP contribution < -0.4 is 10.2 Å². The first-order valence-electron chi connectivity index (χ1n) is 5.37. The molecule has 0 bridgehead atoms. The van der Waals surface area contributed by atoms with Gasteiger partial charge in [0.2, 0.25) is 0 Å². The molecule has 0 spiro atoms. The van der Waals surface area contributed by atoms with Crippen LogP contribution in [0, 0.1) is 6.92 Å². The second-order valence-corrected chi connectivity index (χ2v) is 4.19. The predicted molar refractivity (Wildman–Crippen MR) is 64.8 cm³/mol. The Labute approximate surface area is 99.3 Å².